The molecule has 0 unspecified atom stereocenters. The Balaban J connectivity index is 2.26. The second kappa shape index (κ2) is 5.47. The van der Waals surface area contributed by atoms with E-state index in [0.29, 0.717) is 17.6 Å². The molecule has 1 amide bonds. The van der Waals surface area contributed by atoms with Gasteiger partial charge in [0.15, 0.2) is 11.4 Å². The van der Waals surface area contributed by atoms with Gasteiger partial charge < -0.3 is 10.6 Å². The van der Waals surface area contributed by atoms with Gasteiger partial charge in [0.1, 0.15) is 11.4 Å². The molecule has 19 heavy (non-hydrogen) atoms. The standard InChI is InChI=1S/C12H15N5O2/c1-3-8(18)6-15-12(19)9-7-16-17-10(13-2)4-5-14-11(9)17/h4-5,7,13H,3,6H2,1-2H3,(H,15,19). The average Bonchev–Trinajstić information content (AvgIpc) is 2.88. The normalized spacial score (nSPS) is 10.4. The molecular weight excluding hydrogens is 246 g/mol. The first-order valence-corrected chi connectivity index (χ1v) is 5.97. The van der Waals surface area contributed by atoms with Gasteiger partial charge in [0.25, 0.3) is 5.91 Å². The highest BCUT2D eigenvalue weighted by atomic mass is 16.2. The zero-order valence-corrected chi connectivity index (χ0v) is 10.8. The van der Waals surface area contributed by atoms with Crippen LogP contribution in [0.15, 0.2) is 18.5 Å². The van der Waals surface area contributed by atoms with Crippen molar-refractivity contribution in [2.24, 2.45) is 0 Å². The van der Waals surface area contributed by atoms with Gasteiger partial charge in [-0.05, 0) is 6.07 Å². The molecule has 2 N–H and O–H groups in total. The average molecular weight is 261 g/mol. The molecule has 2 heterocycles. The topological polar surface area (TPSA) is 88.4 Å². The molecule has 2 aromatic heterocycles. The van der Waals surface area contributed by atoms with Crippen molar-refractivity contribution in [2.45, 2.75) is 13.3 Å². The van der Waals surface area contributed by atoms with E-state index in [1.807, 2.05) is 0 Å². The lowest BCUT2D eigenvalue weighted by Gasteiger charge is -2.04. The van der Waals surface area contributed by atoms with Crippen LogP contribution in [0.5, 0.6) is 0 Å². The number of nitrogens with zero attached hydrogens (tertiary/aromatic N) is 3. The highest BCUT2D eigenvalue weighted by Gasteiger charge is 2.15. The van der Waals surface area contributed by atoms with E-state index in [0.717, 1.165) is 5.82 Å². The van der Waals surface area contributed by atoms with Gasteiger partial charge in [0.05, 0.1) is 12.7 Å². The third kappa shape index (κ3) is 2.54. The maximum atomic E-state index is 12.0. The van der Waals surface area contributed by atoms with Crippen molar-refractivity contribution in [3.63, 3.8) is 0 Å². The molecule has 0 aromatic carbocycles. The number of carbonyl (C=O) groups is 2. The number of Topliss-reactive ketones (excluding diaryl/α,β-unsaturated/α-hetero) is 1. The molecular formula is C12H15N5O2. The Kier molecular flexibility index (Phi) is 3.74. The summed E-state index contributed by atoms with van der Waals surface area (Å²) in [5.74, 6) is 0.361. The summed E-state index contributed by atoms with van der Waals surface area (Å²) in [5, 5.41) is 9.62. The van der Waals surface area contributed by atoms with Crippen LogP contribution in [0.2, 0.25) is 0 Å². The van der Waals surface area contributed by atoms with E-state index >= 15 is 0 Å². The molecule has 0 aliphatic rings. The number of ketones is 1. The van der Waals surface area contributed by atoms with Crippen molar-refractivity contribution >= 4 is 23.2 Å². The van der Waals surface area contributed by atoms with E-state index in [-0.39, 0.29) is 18.2 Å². The highest BCUT2D eigenvalue weighted by molar-refractivity contribution is 6.01. The molecule has 2 aromatic rings. The van der Waals surface area contributed by atoms with Crippen LogP contribution < -0.4 is 10.6 Å². The van der Waals surface area contributed by atoms with Gasteiger partial charge in [-0.25, -0.2) is 4.98 Å². The second-order valence-corrected chi connectivity index (χ2v) is 3.95. The van der Waals surface area contributed by atoms with Crippen LogP contribution in [0.1, 0.15) is 23.7 Å². The van der Waals surface area contributed by atoms with Gasteiger partial charge >= 0.3 is 0 Å². The summed E-state index contributed by atoms with van der Waals surface area (Å²) in [7, 11) is 1.76. The van der Waals surface area contributed by atoms with Crippen molar-refractivity contribution in [3.05, 3.63) is 24.0 Å². The van der Waals surface area contributed by atoms with E-state index in [1.54, 1.807) is 26.2 Å². The molecule has 0 aliphatic heterocycles. The summed E-state index contributed by atoms with van der Waals surface area (Å²) in [5.41, 5.74) is 0.800. The van der Waals surface area contributed by atoms with E-state index < -0.39 is 0 Å². The fraction of sp³-hybridized carbons (Fsp3) is 0.333. The van der Waals surface area contributed by atoms with Gasteiger partial charge in [0.2, 0.25) is 0 Å². The van der Waals surface area contributed by atoms with Crippen molar-refractivity contribution < 1.29 is 9.59 Å². The van der Waals surface area contributed by atoms with E-state index in [4.69, 9.17) is 0 Å². The first kappa shape index (κ1) is 13.0. The Hall–Kier alpha value is -2.44. The molecule has 100 valence electrons. The maximum Gasteiger partial charge on any atom is 0.257 e. The van der Waals surface area contributed by atoms with Crippen molar-refractivity contribution in [3.8, 4) is 0 Å². The SMILES string of the molecule is CCC(=O)CNC(=O)c1cnn2c(NC)ccnc12. The highest BCUT2D eigenvalue weighted by Crippen LogP contribution is 2.12. The zero-order valence-electron chi connectivity index (χ0n) is 10.8. The maximum absolute atomic E-state index is 12.0. The van der Waals surface area contributed by atoms with Crippen molar-refractivity contribution in [2.75, 3.05) is 18.9 Å². The lowest BCUT2D eigenvalue weighted by atomic mass is 10.3. The summed E-state index contributed by atoms with van der Waals surface area (Å²) < 4.78 is 1.54. The van der Waals surface area contributed by atoms with Gasteiger partial charge in [-0.3, -0.25) is 9.59 Å². The Labute approximate surface area is 110 Å². The Morgan fingerprint density at radius 1 is 1.42 bits per heavy atom. The lowest BCUT2D eigenvalue weighted by molar-refractivity contribution is -0.117. The van der Waals surface area contributed by atoms with Crippen LogP contribution in [-0.4, -0.2) is 39.9 Å². The number of carbonyl (C=O) groups excluding carboxylic acids is 2. The number of anilines is 1. The molecule has 0 radical (unpaired) electrons. The van der Waals surface area contributed by atoms with Crippen molar-refractivity contribution in [1.82, 2.24) is 19.9 Å². The molecule has 2 rings (SSSR count). The predicted molar refractivity (Wildman–Crippen MR) is 70.2 cm³/mol. The predicted octanol–water partition coefficient (Wildman–Crippen LogP) is 0.480. The molecule has 0 saturated heterocycles. The summed E-state index contributed by atoms with van der Waals surface area (Å²) in [6.07, 6.45) is 3.43. The number of rotatable bonds is 5. The number of fused-ring (bicyclic) bond motifs is 1. The summed E-state index contributed by atoms with van der Waals surface area (Å²) >= 11 is 0. The quantitative estimate of drug-likeness (QED) is 0.817. The number of hydrogen-bond acceptors (Lipinski definition) is 5. The Morgan fingerprint density at radius 2 is 2.21 bits per heavy atom. The van der Waals surface area contributed by atoms with Crippen LogP contribution in [-0.2, 0) is 4.79 Å². The van der Waals surface area contributed by atoms with E-state index in [9.17, 15) is 9.59 Å². The van der Waals surface area contributed by atoms with Gasteiger partial charge in [-0.1, -0.05) is 6.92 Å². The Bertz CT molecular complexity index is 620. The summed E-state index contributed by atoms with van der Waals surface area (Å²) in [6.45, 7) is 1.78. The van der Waals surface area contributed by atoms with Gasteiger partial charge in [-0.2, -0.15) is 9.61 Å². The lowest BCUT2D eigenvalue weighted by Crippen LogP contribution is -2.29. The molecule has 7 heteroatoms. The molecule has 0 bridgehead atoms. The molecule has 7 nitrogen and oxygen atoms in total. The molecule has 0 aliphatic carbocycles. The number of amides is 1. The minimum Gasteiger partial charge on any atom is -0.373 e. The van der Waals surface area contributed by atoms with Crippen LogP contribution in [0.25, 0.3) is 5.65 Å². The number of aromatic nitrogens is 3. The number of hydrogen-bond donors (Lipinski definition) is 2. The summed E-state index contributed by atoms with van der Waals surface area (Å²) in [6, 6.07) is 1.75. The van der Waals surface area contributed by atoms with Crippen molar-refractivity contribution in [1.29, 1.82) is 0 Å². The monoisotopic (exact) mass is 261 g/mol. The minimum absolute atomic E-state index is 0.0197. The fourth-order valence-corrected chi connectivity index (χ4v) is 1.64. The smallest absolute Gasteiger partial charge is 0.257 e. The van der Waals surface area contributed by atoms with Crippen LogP contribution >= 0.6 is 0 Å². The zero-order chi connectivity index (χ0) is 13.8. The molecule has 0 fully saturated rings. The fourth-order valence-electron chi connectivity index (χ4n) is 1.64. The van der Waals surface area contributed by atoms with Gasteiger partial charge in [-0.15, -0.1) is 0 Å². The Morgan fingerprint density at radius 3 is 2.89 bits per heavy atom. The third-order valence-electron chi connectivity index (χ3n) is 2.74. The second-order valence-electron chi connectivity index (χ2n) is 3.95. The van der Waals surface area contributed by atoms with Crippen LogP contribution in [0.3, 0.4) is 0 Å². The molecule has 0 saturated carbocycles. The molecule has 0 atom stereocenters. The minimum atomic E-state index is -0.349. The van der Waals surface area contributed by atoms with Crippen LogP contribution in [0, 0.1) is 0 Å². The summed E-state index contributed by atoms with van der Waals surface area (Å²) in [4.78, 5) is 27.3. The van der Waals surface area contributed by atoms with Gasteiger partial charge in [0, 0.05) is 19.7 Å². The first-order valence-electron chi connectivity index (χ1n) is 5.97. The third-order valence-corrected chi connectivity index (χ3v) is 2.74. The number of nitrogens with one attached hydrogen (secondary N) is 2. The first-order chi connectivity index (χ1) is 9.17. The molecule has 0 spiro atoms. The van der Waals surface area contributed by atoms with Crippen LogP contribution in [0.4, 0.5) is 5.82 Å². The van der Waals surface area contributed by atoms with E-state index in [1.165, 1.54) is 10.7 Å². The largest absolute Gasteiger partial charge is 0.373 e. The van der Waals surface area contributed by atoms with E-state index in [2.05, 4.69) is 20.7 Å².